The van der Waals surface area contributed by atoms with E-state index in [2.05, 4.69) is 20.5 Å². The lowest BCUT2D eigenvalue weighted by Crippen LogP contribution is -2.06. The topological polar surface area (TPSA) is 80.4 Å². The number of hydrogen-bond acceptors (Lipinski definition) is 4. The van der Waals surface area contributed by atoms with Crippen LogP contribution in [0.15, 0.2) is 46.9 Å². The first kappa shape index (κ1) is 10.8. The van der Waals surface area contributed by atoms with Crippen LogP contribution in [0.25, 0.3) is 0 Å². The van der Waals surface area contributed by atoms with E-state index in [9.17, 15) is 0 Å². The Labute approximate surface area is 98.2 Å². The van der Waals surface area contributed by atoms with Crippen LogP contribution in [0, 0.1) is 11.3 Å². The quantitative estimate of drug-likeness (QED) is 0.644. The molecule has 1 N–H and O–H groups in total. The van der Waals surface area contributed by atoms with E-state index in [1.807, 2.05) is 36.4 Å². The standard InChI is InChI=1S/C11H10N6/c1-17(10-5-3-2-4-6-10)16-15-11-9(7-12)8-13-14-11/h2-6,8H,1H3,(H,13,14)/b16-15+. The van der Waals surface area contributed by atoms with Gasteiger partial charge in [-0.05, 0) is 12.1 Å². The molecular formula is C11H10N6. The van der Waals surface area contributed by atoms with Gasteiger partial charge >= 0.3 is 0 Å². The molecule has 0 atom stereocenters. The third-order valence-electron chi connectivity index (χ3n) is 2.15. The highest BCUT2D eigenvalue weighted by atomic mass is 15.5. The third-order valence-corrected chi connectivity index (χ3v) is 2.15. The number of nitrogens with one attached hydrogen (secondary N) is 1. The average molecular weight is 226 g/mol. The van der Waals surface area contributed by atoms with Gasteiger partial charge in [0.25, 0.3) is 0 Å². The second-order valence-corrected chi connectivity index (χ2v) is 3.29. The molecule has 6 nitrogen and oxygen atoms in total. The highest BCUT2D eigenvalue weighted by Crippen LogP contribution is 2.16. The molecule has 6 heteroatoms. The van der Waals surface area contributed by atoms with Gasteiger partial charge in [-0.1, -0.05) is 23.4 Å². The largest absolute Gasteiger partial charge is 0.259 e. The first-order valence-corrected chi connectivity index (χ1v) is 4.95. The second-order valence-electron chi connectivity index (χ2n) is 3.29. The first-order chi connectivity index (χ1) is 8.31. The molecule has 0 unspecified atom stereocenters. The van der Waals surface area contributed by atoms with Crippen molar-refractivity contribution < 1.29 is 0 Å². The number of para-hydroxylation sites is 1. The summed E-state index contributed by atoms with van der Waals surface area (Å²) in [5.41, 5.74) is 1.28. The van der Waals surface area contributed by atoms with Crippen LogP contribution in [0.2, 0.25) is 0 Å². The summed E-state index contributed by atoms with van der Waals surface area (Å²) in [5.74, 6) is 0.357. The maximum Gasteiger partial charge on any atom is 0.190 e. The van der Waals surface area contributed by atoms with Crippen molar-refractivity contribution in [3.8, 4) is 6.07 Å². The summed E-state index contributed by atoms with van der Waals surface area (Å²) in [6.45, 7) is 0. The van der Waals surface area contributed by atoms with Gasteiger partial charge in [0.05, 0.1) is 11.9 Å². The number of nitriles is 1. The summed E-state index contributed by atoms with van der Waals surface area (Å²) >= 11 is 0. The van der Waals surface area contributed by atoms with E-state index < -0.39 is 0 Å². The fraction of sp³-hybridized carbons (Fsp3) is 0.0909. The summed E-state index contributed by atoms with van der Waals surface area (Å²) in [4.78, 5) is 0. The molecule has 84 valence electrons. The van der Waals surface area contributed by atoms with Crippen molar-refractivity contribution in [1.29, 1.82) is 5.26 Å². The minimum absolute atomic E-state index is 0.357. The molecule has 0 amide bonds. The van der Waals surface area contributed by atoms with Crippen molar-refractivity contribution in [2.75, 3.05) is 12.1 Å². The van der Waals surface area contributed by atoms with Crippen LogP contribution in [0.1, 0.15) is 5.56 Å². The number of benzene rings is 1. The lowest BCUT2D eigenvalue weighted by atomic mass is 10.3. The summed E-state index contributed by atoms with van der Waals surface area (Å²) < 4.78 is 0. The zero-order valence-electron chi connectivity index (χ0n) is 9.20. The van der Waals surface area contributed by atoms with Gasteiger partial charge in [0, 0.05) is 7.05 Å². The van der Waals surface area contributed by atoms with Gasteiger partial charge in [-0.3, -0.25) is 5.10 Å². The van der Waals surface area contributed by atoms with Crippen LogP contribution >= 0.6 is 0 Å². The van der Waals surface area contributed by atoms with Crippen LogP contribution in [0.3, 0.4) is 0 Å². The summed E-state index contributed by atoms with van der Waals surface area (Å²) in [5, 5.41) is 24.6. The molecule has 0 bridgehead atoms. The summed E-state index contributed by atoms with van der Waals surface area (Å²) in [6.07, 6.45) is 1.41. The zero-order chi connectivity index (χ0) is 12.1. The molecule has 0 aliphatic rings. The second kappa shape index (κ2) is 4.90. The highest BCUT2D eigenvalue weighted by molar-refractivity contribution is 5.46. The first-order valence-electron chi connectivity index (χ1n) is 4.95. The molecular weight excluding hydrogens is 216 g/mol. The van der Waals surface area contributed by atoms with Crippen molar-refractivity contribution in [3.63, 3.8) is 0 Å². The third kappa shape index (κ3) is 2.46. The molecule has 1 aromatic carbocycles. The highest BCUT2D eigenvalue weighted by Gasteiger charge is 2.03. The van der Waals surface area contributed by atoms with Gasteiger partial charge in [0.1, 0.15) is 11.6 Å². The fourth-order valence-electron chi connectivity index (χ4n) is 1.24. The molecule has 1 heterocycles. The van der Waals surface area contributed by atoms with Crippen LogP contribution in [-0.2, 0) is 0 Å². The molecule has 2 rings (SSSR count). The zero-order valence-corrected chi connectivity index (χ0v) is 9.20. The number of anilines is 1. The molecule has 0 radical (unpaired) electrons. The molecule has 1 aromatic heterocycles. The SMILES string of the molecule is CN(/N=N/c1[nH]ncc1C#N)c1ccccc1. The Bertz CT molecular complexity index is 551. The van der Waals surface area contributed by atoms with Gasteiger partial charge in [-0.15, -0.1) is 5.11 Å². The Morgan fingerprint density at radius 1 is 1.35 bits per heavy atom. The molecule has 0 fully saturated rings. The van der Waals surface area contributed by atoms with E-state index in [-0.39, 0.29) is 0 Å². The number of aromatic nitrogens is 2. The summed E-state index contributed by atoms with van der Waals surface area (Å²) in [6, 6.07) is 11.6. The lowest BCUT2D eigenvalue weighted by molar-refractivity contribution is 0.908. The summed E-state index contributed by atoms with van der Waals surface area (Å²) in [7, 11) is 1.78. The molecule has 0 aliphatic carbocycles. The van der Waals surface area contributed by atoms with Gasteiger partial charge in [-0.25, -0.2) is 5.01 Å². The molecule has 2 aromatic rings. The number of H-pyrrole nitrogens is 1. The maximum atomic E-state index is 8.76. The Morgan fingerprint density at radius 3 is 2.82 bits per heavy atom. The molecule has 17 heavy (non-hydrogen) atoms. The average Bonchev–Trinajstić information content (AvgIpc) is 2.84. The molecule has 0 saturated heterocycles. The predicted octanol–water partition coefficient (Wildman–Crippen LogP) is 2.42. The lowest BCUT2D eigenvalue weighted by Gasteiger charge is -2.09. The van der Waals surface area contributed by atoms with Crippen LogP contribution in [0.4, 0.5) is 11.5 Å². The predicted molar refractivity (Wildman–Crippen MR) is 62.7 cm³/mol. The number of nitrogens with zero attached hydrogens (tertiary/aromatic N) is 5. The van der Waals surface area contributed by atoms with E-state index >= 15 is 0 Å². The van der Waals surface area contributed by atoms with Gasteiger partial charge in [0.2, 0.25) is 0 Å². The van der Waals surface area contributed by atoms with Crippen LogP contribution < -0.4 is 5.01 Å². The smallest absolute Gasteiger partial charge is 0.190 e. The molecule has 0 saturated carbocycles. The van der Waals surface area contributed by atoms with Gasteiger partial charge in [0.15, 0.2) is 5.82 Å². The van der Waals surface area contributed by atoms with Crippen LogP contribution in [0.5, 0.6) is 0 Å². The Kier molecular flexibility index (Phi) is 3.12. The monoisotopic (exact) mass is 226 g/mol. The Morgan fingerprint density at radius 2 is 2.12 bits per heavy atom. The Balaban J connectivity index is 2.15. The normalized spacial score (nSPS) is 10.4. The van der Waals surface area contributed by atoms with Crippen LogP contribution in [-0.4, -0.2) is 17.2 Å². The fourth-order valence-corrected chi connectivity index (χ4v) is 1.24. The van der Waals surface area contributed by atoms with Crippen molar-refractivity contribution >= 4 is 11.5 Å². The minimum atomic E-state index is 0.357. The molecule has 0 spiro atoms. The minimum Gasteiger partial charge on any atom is -0.259 e. The van der Waals surface area contributed by atoms with E-state index in [1.165, 1.54) is 6.20 Å². The maximum absolute atomic E-state index is 8.76. The number of hydrogen-bond donors (Lipinski definition) is 1. The Hall–Kier alpha value is -2.68. The van der Waals surface area contributed by atoms with Gasteiger partial charge < -0.3 is 0 Å². The van der Waals surface area contributed by atoms with Crippen molar-refractivity contribution in [3.05, 3.63) is 42.1 Å². The van der Waals surface area contributed by atoms with E-state index in [1.54, 1.807) is 12.1 Å². The van der Waals surface area contributed by atoms with E-state index in [0.29, 0.717) is 11.4 Å². The van der Waals surface area contributed by atoms with E-state index in [0.717, 1.165) is 5.69 Å². The van der Waals surface area contributed by atoms with E-state index in [4.69, 9.17) is 5.26 Å². The van der Waals surface area contributed by atoms with Crippen molar-refractivity contribution in [2.45, 2.75) is 0 Å². The molecule has 0 aliphatic heterocycles. The number of aromatic amines is 1. The van der Waals surface area contributed by atoms with Crippen molar-refractivity contribution in [2.24, 2.45) is 10.3 Å². The number of rotatable bonds is 3. The van der Waals surface area contributed by atoms with Crippen molar-refractivity contribution in [1.82, 2.24) is 10.2 Å². The van der Waals surface area contributed by atoms with Gasteiger partial charge in [-0.2, -0.15) is 10.4 Å².